The Labute approximate surface area is 105 Å². The summed E-state index contributed by atoms with van der Waals surface area (Å²) in [5, 5.41) is 11.5. The maximum absolute atomic E-state index is 11.8. The number of hydrogen-bond donors (Lipinski definition) is 2. The van der Waals surface area contributed by atoms with Crippen molar-refractivity contribution in [2.24, 2.45) is 0 Å². The van der Waals surface area contributed by atoms with Crippen molar-refractivity contribution in [1.29, 1.82) is 0 Å². The largest absolute Gasteiger partial charge is 0.480 e. The van der Waals surface area contributed by atoms with Crippen LogP contribution in [-0.4, -0.2) is 29.6 Å². The van der Waals surface area contributed by atoms with Crippen LogP contribution in [0.2, 0.25) is 0 Å². The Morgan fingerprint density at radius 2 is 2.17 bits per heavy atom. The van der Waals surface area contributed by atoms with Crippen LogP contribution in [0.1, 0.15) is 36.6 Å². The number of rotatable bonds is 6. The fourth-order valence-corrected chi connectivity index (χ4v) is 1.33. The molecule has 18 heavy (non-hydrogen) atoms. The van der Waals surface area contributed by atoms with Gasteiger partial charge in [0.25, 0.3) is 5.91 Å². The van der Waals surface area contributed by atoms with Gasteiger partial charge in [0.1, 0.15) is 17.9 Å². The number of methoxy groups -OCH3 is 1. The second kappa shape index (κ2) is 5.68. The summed E-state index contributed by atoms with van der Waals surface area (Å²) < 4.78 is 10.1. The molecule has 1 unspecified atom stereocenters. The van der Waals surface area contributed by atoms with Crippen molar-refractivity contribution in [2.45, 2.75) is 32.4 Å². The van der Waals surface area contributed by atoms with Crippen molar-refractivity contribution in [3.63, 3.8) is 0 Å². The van der Waals surface area contributed by atoms with E-state index < -0.39 is 17.4 Å². The highest BCUT2D eigenvalue weighted by molar-refractivity contribution is 5.95. The molecule has 0 spiro atoms. The summed E-state index contributed by atoms with van der Waals surface area (Å²) in [4.78, 5) is 22.9. The number of amides is 1. The highest BCUT2D eigenvalue weighted by Gasteiger charge is 2.33. The molecule has 100 valence electrons. The summed E-state index contributed by atoms with van der Waals surface area (Å²) in [5.74, 6) is -1.05. The van der Waals surface area contributed by atoms with Crippen molar-refractivity contribution in [2.75, 3.05) is 7.11 Å². The lowest BCUT2D eigenvalue weighted by molar-refractivity contribution is -0.143. The van der Waals surface area contributed by atoms with Gasteiger partial charge < -0.3 is 19.6 Å². The molecule has 0 bridgehead atoms. The number of carboxylic acid groups (broad SMARTS) is 1. The Hall–Kier alpha value is -1.82. The lowest BCUT2D eigenvalue weighted by atomic mass is 9.99. The predicted molar refractivity (Wildman–Crippen MR) is 63.2 cm³/mol. The van der Waals surface area contributed by atoms with Gasteiger partial charge in [-0.1, -0.05) is 6.92 Å². The van der Waals surface area contributed by atoms with Crippen molar-refractivity contribution < 1.29 is 23.8 Å². The highest BCUT2D eigenvalue weighted by Crippen LogP contribution is 2.13. The van der Waals surface area contributed by atoms with Crippen LogP contribution in [0.15, 0.2) is 16.5 Å². The monoisotopic (exact) mass is 255 g/mol. The van der Waals surface area contributed by atoms with Gasteiger partial charge in [-0.2, -0.15) is 0 Å². The number of carboxylic acids is 1. The number of carbonyl (C=O) groups is 2. The van der Waals surface area contributed by atoms with Gasteiger partial charge >= 0.3 is 5.97 Å². The molecule has 0 aromatic carbocycles. The number of hydrogen-bond acceptors (Lipinski definition) is 4. The molecule has 1 amide bonds. The zero-order chi connectivity index (χ0) is 13.8. The molecule has 6 heteroatoms. The van der Waals surface area contributed by atoms with Crippen LogP contribution >= 0.6 is 0 Å². The molecule has 1 atom stereocenters. The molecule has 1 aromatic heterocycles. The Morgan fingerprint density at radius 1 is 1.50 bits per heavy atom. The van der Waals surface area contributed by atoms with Crippen LogP contribution in [0.25, 0.3) is 0 Å². The summed E-state index contributed by atoms with van der Waals surface area (Å²) in [5.41, 5.74) is -1.30. The maximum Gasteiger partial charge on any atom is 0.329 e. The van der Waals surface area contributed by atoms with Crippen LogP contribution in [0.5, 0.6) is 0 Å². The maximum atomic E-state index is 11.8. The molecule has 1 aromatic rings. The standard InChI is InChI=1S/C12H17NO5/c1-4-12(2,11(15)16)13-10(14)9-6-5-8(18-9)7-17-3/h5-6H,4,7H2,1-3H3,(H,13,14)(H,15,16). The fraction of sp³-hybridized carbons (Fsp3) is 0.500. The molecule has 0 aliphatic carbocycles. The van der Waals surface area contributed by atoms with E-state index in [-0.39, 0.29) is 18.8 Å². The van der Waals surface area contributed by atoms with E-state index in [0.29, 0.717) is 5.76 Å². The van der Waals surface area contributed by atoms with Crippen molar-refractivity contribution in [1.82, 2.24) is 5.32 Å². The van der Waals surface area contributed by atoms with Crippen molar-refractivity contribution in [3.8, 4) is 0 Å². The smallest absolute Gasteiger partial charge is 0.329 e. The van der Waals surface area contributed by atoms with Gasteiger partial charge in [-0.05, 0) is 25.5 Å². The van der Waals surface area contributed by atoms with Crippen LogP contribution in [0, 0.1) is 0 Å². The van der Waals surface area contributed by atoms with Crippen LogP contribution in [0.4, 0.5) is 0 Å². The number of carbonyl (C=O) groups excluding carboxylic acids is 1. The van der Waals surface area contributed by atoms with E-state index in [4.69, 9.17) is 14.3 Å². The molecule has 1 heterocycles. The van der Waals surface area contributed by atoms with Crippen molar-refractivity contribution >= 4 is 11.9 Å². The van der Waals surface area contributed by atoms with Crippen LogP contribution in [-0.2, 0) is 16.1 Å². The summed E-state index contributed by atoms with van der Waals surface area (Å²) in [6.07, 6.45) is 0.277. The highest BCUT2D eigenvalue weighted by atomic mass is 16.5. The first-order chi connectivity index (χ1) is 8.42. The van der Waals surface area contributed by atoms with E-state index in [1.54, 1.807) is 13.0 Å². The van der Waals surface area contributed by atoms with E-state index in [1.165, 1.54) is 20.1 Å². The molecule has 6 nitrogen and oxygen atoms in total. The van der Waals surface area contributed by atoms with Gasteiger partial charge in [-0.15, -0.1) is 0 Å². The first kappa shape index (κ1) is 14.2. The number of furan rings is 1. The van der Waals surface area contributed by atoms with E-state index in [0.717, 1.165) is 0 Å². The molecule has 0 fully saturated rings. The van der Waals surface area contributed by atoms with Gasteiger partial charge in [0.2, 0.25) is 0 Å². The Balaban J connectivity index is 2.78. The molecule has 0 saturated heterocycles. The predicted octanol–water partition coefficient (Wildman–Crippen LogP) is 1.41. The second-order valence-corrected chi connectivity index (χ2v) is 4.14. The quantitative estimate of drug-likeness (QED) is 0.802. The van der Waals surface area contributed by atoms with Crippen molar-refractivity contribution in [3.05, 3.63) is 23.7 Å². The molecule has 0 radical (unpaired) electrons. The van der Waals surface area contributed by atoms with E-state index in [1.807, 2.05) is 0 Å². The Kier molecular flexibility index (Phi) is 4.49. The van der Waals surface area contributed by atoms with Crippen LogP contribution < -0.4 is 5.32 Å². The topological polar surface area (TPSA) is 88.8 Å². The lowest BCUT2D eigenvalue weighted by Gasteiger charge is -2.23. The number of aliphatic carboxylic acids is 1. The molecular weight excluding hydrogens is 238 g/mol. The van der Waals surface area contributed by atoms with E-state index >= 15 is 0 Å². The third-order valence-electron chi connectivity index (χ3n) is 2.74. The molecular formula is C12H17NO5. The number of nitrogens with one attached hydrogen (secondary N) is 1. The molecule has 0 aliphatic rings. The van der Waals surface area contributed by atoms with Crippen LogP contribution in [0.3, 0.4) is 0 Å². The third-order valence-corrected chi connectivity index (χ3v) is 2.74. The minimum absolute atomic E-state index is 0.0722. The van der Waals surface area contributed by atoms with Gasteiger partial charge in [-0.25, -0.2) is 4.79 Å². The normalized spacial score (nSPS) is 13.9. The van der Waals surface area contributed by atoms with Gasteiger partial charge in [0.05, 0.1) is 0 Å². The Bertz CT molecular complexity index is 439. The average Bonchev–Trinajstić information content (AvgIpc) is 2.77. The number of ether oxygens (including phenoxy) is 1. The molecule has 2 N–H and O–H groups in total. The lowest BCUT2D eigenvalue weighted by Crippen LogP contribution is -2.51. The molecule has 0 saturated carbocycles. The molecule has 0 aliphatic heterocycles. The summed E-state index contributed by atoms with van der Waals surface area (Å²) in [6, 6.07) is 3.10. The minimum atomic E-state index is -1.30. The summed E-state index contributed by atoms with van der Waals surface area (Å²) in [7, 11) is 1.51. The average molecular weight is 255 g/mol. The second-order valence-electron chi connectivity index (χ2n) is 4.14. The van der Waals surface area contributed by atoms with Gasteiger partial charge in [0, 0.05) is 7.11 Å². The zero-order valence-electron chi connectivity index (χ0n) is 10.6. The minimum Gasteiger partial charge on any atom is -0.480 e. The first-order valence-electron chi connectivity index (χ1n) is 5.56. The van der Waals surface area contributed by atoms with E-state index in [2.05, 4.69) is 5.32 Å². The Morgan fingerprint density at radius 3 is 2.67 bits per heavy atom. The third kappa shape index (κ3) is 3.10. The fourth-order valence-electron chi connectivity index (χ4n) is 1.33. The first-order valence-corrected chi connectivity index (χ1v) is 5.56. The summed E-state index contributed by atoms with van der Waals surface area (Å²) >= 11 is 0. The van der Waals surface area contributed by atoms with Gasteiger partial charge in [-0.3, -0.25) is 4.79 Å². The SMILES string of the molecule is CCC(C)(NC(=O)c1ccc(COC)o1)C(=O)O. The summed E-state index contributed by atoms with van der Waals surface area (Å²) in [6.45, 7) is 3.40. The van der Waals surface area contributed by atoms with E-state index in [9.17, 15) is 9.59 Å². The molecule has 1 rings (SSSR count). The van der Waals surface area contributed by atoms with Gasteiger partial charge in [0.15, 0.2) is 5.76 Å². The zero-order valence-corrected chi connectivity index (χ0v) is 10.6.